The Balaban J connectivity index is 1.85. The number of pyridine rings is 1. The number of benzene rings is 1. The highest BCUT2D eigenvalue weighted by Crippen LogP contribution is 2.09. The number of nitrogens with one attached hydrogen (secondary N) is 1. The summed E-state index contributed by atoms with van der Waals surface area (Å²) in [4.78, 5) is 14.9. The topological polar surface area (TPSA) is 42.1 Å². The van der Waals surface area contributed by atoms with Gasteiger partial charge in [-0.2, -0.15) is 0 Å². The van der Waals surface area contributed by atoms with Gasteiger partial charge in [0.05, 0.1) is 6.61 Å². The Labute approximate surface area is 113 Å². The van der Waals surface area contributed by atoms with Crippen LogP contribution in [0.5, 0.6) is 5.75 Å². The van der Waals surface area contributed by atoms with Gasteiger partial charge in [-0.3, -0.25) is 4.79 Å². The zero-order chi connectivity index (χ0) is 13.7. The first kappa shape index (κ1) is 13.4. The van der Waals surface area contributed by atoms with E-state index in [0.717, 1.165) is 35.5 Å². The third-order valence-electron chi connectivity index (χ3n) is 3.19. The molecule has 0 spiro atoms. The first-order valence-electron chi connectivity index (χ1n) is 6.54. The second kappa shape index (κ2) is 6.23. The van der Waals surface area contributed by atoms with E-state index < -0.39 is 0 Å². The molecule has 0 aliphatic carbocycles. The van der Waals surface area contributed by atoms with Crippen LogP contribution in [0.2, 0.25) is 0 Å². The van der Waals surface area contributed by atoms with E-state index >= 15 is 0 Å². The molecule has 1 heterocycles. The van der Waals surface area contributed by atoms with Crippen LogP contribution in [-0.2, 0) is 6.42 Å². The van der Waals surface area contributed by atoms with Crippen LogP contribution in [0.1, 0.15) is 23.4 Å². The average Bonchev–Trinajstić information content (AvgIpc) is 2.42. The van der Waals surface area contributed by atoms with Crippen LogP contribution in [0.15, 0.2) is 41.2 Å². The van der Waals surface area contributed by atoms with Gasteiger partial charge in [0, 0.05) is 23.0 Å². The van der Waals surface area contributed by atoms with Crippen LogP contribution in [0.4, 0.5) is 0 Å². The van der Waals surface area contributed by atoms with Crippen LogP contribution >= 0.6 is 0 Å². The van der Waals surface area contributed by atoms with Crippen LogP contribution in [0.25, 0.3) is 0 Å². The molecule has 1 aromatic carbocycles. The molecule has 0 fully saturated rings. The molecule has 0 atom stereocenters. The lowest BCUT2D eigenvalue weighted by atomic mass is 10.1. The number of ether oxygens (including phenoxy) is 1. The number of para-hydroxylation sites is 1. The van der Waals surface area contributed by atoms with Crippen molar-refractivity contribution in [3.05, 3.63) is 63.6 Å². The largest absolute Gasteiger partial charge is 0.494 e. The fourth-order valence-electron chi connectivity index (χ4n) is 1.93. The van der Waals surface area contributed by atoms with Gasteiger partial charge < -0.3 is 9.72 Å². The SMILES string of the molecule is Cc1[nH]c(CCCOc2ccccc2)cc(=O)c1C. The molecule has 2 aromatic rings. The quantitative estimate of drug-likeness (QED) is 0.837. The molecule has 3 nitrogen and oxygen atoms in total. The highest BCUT2D eigenvalue weighted by atomic mass is 16.5. The normalized spacial score (nSPS) is 10.4. The van der Waals surface area contributed by atoms with Crippen molar-refractivity contribution in [2.45, 2.75) is 26.7 Å². The number of aromatic nitrogens is 1. The maximum atomic E-state index is 11.7. The van der Waals surface area contributed by atoms with Crippen molar-refractivity contribution in [2.75, 3.05) is 6.61 Å². The molecule has 3 heteroatoms. The lowest BCUT2D eigenvalue weighted by molar-refractivity contribution is 0.310. The second-order valence-electron chi connectivity index (χ2n) is 4.67. The van der Waals surface area contributed by atoms with E-state index in [9.17, 15) is 4.79 Å². The maximum Gasteiger partial charge on any atom is 0.184 e. The van der Waals surface area contributed by atoms with Crippen LogP contribution < -0.4 is 10.2 Å². The third-order valence-corrected chi connectivity index (χ3v) is 3.19. The van der Waals surface area contributed by atoms with Gasteiger partial charge in [0.25, 0.3) is 0 Å². The van der Waals surface area contributed by atoms with E-state index in [1.807, 2.05) is 44.2 Å². The van der Waals surface area contributed by atoms with Crippen molar-refractivity contribution >= 4 is 0 Å². The average molecular weight is 257 g/mol. The molecule has 0 unspecified atom stereocenters. The Bertz CT molecular complexity index is 587. The second-order valence-corrected chi connectivity index (χ2v) is 4.67. The highest BCUT2D eigenvalue weighted by molar-refractivity contribution is 5.21. The molecule has 0 saturated carbocycles. The van der Waals surface area contributed by atoms with Gasteiger partial charge in [0.1, 0.15) is 5.75 Å². The van der Waals surface area contributed by atoms with Gasteiger partial charge in [-0.1, -0.05) is 18.2 Å². The summed E-state index contributed by atoms with van der Waals surface area (Å²) in [6, 6.07) is 11.4. The van der Waals surface area contributed by atoms with E-state index in [0.29, 0.717) is 6.61 Å². The van der Waals surface area contributed by atoms with Crippen molar-refractivity contribution in [1.82, 2.24) is 4.98 Å². The molecule has 0 bridgehead atoms. The fraction of sp³-hybridized carbons (Fsp3) is 0.312. The number of aromatic amines is 1. The summed E-state index contributed by atoms with van der Waals surface area (Å²) in [6.45, 7) is 4.43. The van der Waals surface area contributed by atoms with Gasteiger partial charge in [-0.15, -0.1) is 0 Å². The predicted molar refractivity (Wildman–Crippen MR) is 76.8 cm³/mol. The van der Waals surface area contributed by atoms with Gasteiger partial charge in [-0.05, 0) is 38.8 Å². The smallest absolute Gasteiger partial charge is 0.184 e. The monoisotopic (exact) mass is 257 g/mol. The van der Waals surface area contributed by atoms with Crippen molar-refractivity contribution in [3.8, 4) is 5.75 Å². The van der Waals surface area contributed by atoms with E-state index in [-0.39, 0.29) is 5.43 Å². The molecule has 0 radical (unpaired) electrons. The molecule has 1 N–H and O–H groups in total. The Morgan fingerprint density at radius 1 is 1.16 bits per heavy atom. The van der Waals surface area contributed by atoms with Crippen molar-refractivity contribution in [2.24, 2.45) is 0 Å². The predicted octanol–water partition coefficient (Wildman–Crippen LogP) is 3.00. The summed E-state index contributed by atoms with van der Waals surface area (Å²) in [5.41, 5.74) is 2.83. The Hall–Kier alpha value is -2.03. The molecular formula is C16H19NO2. The number of hydrogen-bond acceptors (Lipinski definition) is 2. The summed E-state index contributed by atoms with van der Waals surface area (Å²) in [6.07, 6.45) is 1.70. The zero-order valence-corrected chi connectivity index (χ0v) is 11.4. The summed E-state index contributed by atoms with van der Waals surface area (Å²) in [5, 5.41) is 0. The Morgan fingerprint density at radius 3 is 2.58 bits per heavy atom. The number of H-pyrrole nitrogens is 1. The zero-order valence-electron chi connectivity index (χ0n) is 11.4. The molecule has 100 valence electrons. The van der Waals surface area contributed by atoms with Crippen molar-refractivity contribution in [1.29, 1.82) is 0 Å². The molecule has 2 rings (SSSR count). The standard InChI is InChI=1S/C16H19NO2/c1-12-13(2)17-14(11-16(12)18)7-6-10-19-15-8-4-3-5-9-15/h3-5,8-9,11H,6-7,10H2,1-2H3,(H,17,18). The number of rotatable bonds is 5. The summed E-state index contributed by atoms with van der Waals surface area (Å²) in [7, 11) is 0. The Morgan fingerprint density at radius 2 is 1.89 bits per heavy atom. The molecule has 0 aliphatic rings. The van der Waals surface area contributed by atoms with Crippen molar-refractivity contribution < 1.29 is 4.74 Å². The van der Waals surface area contributed by atoms with E-state index in [1.54, 1.807) is 6.07 Å². The number of hydrogen-bond donors (Lipinski definition) is 1. The van der Waals surface area contributed by atoms with Gasteiger partial charge in [-0.25, -0.2) is 0 Å². The van der Waals surface area contributed by atoms with Gasteiger partial charge >= 0.3 is 0 Å². The third kappa shape index (κ3) is 3.71. The highest BCUT2D eigenvalue weighted by Gasteiger charge is 2.02. The van der Waals surface area contributed by atoms with Gasteiger partial charge in [0.15, 0.2) is 5.43 Å². The molecule has 19 heavy (non-hydrogen) atoms. The molecule has 0 aliphatic heterocycles. The lowest BCUT2D eigenvalue weighted by Crippen LogP contribution is -2.11. The molecule has 0 saturated heterocycles. The molecular weight excluding hydrogens is 238 g/mol. The van der Waals surface area contributed by atoms with Crippen LogP contribution in [-0.4, -0.2) is 11.6 Å². The minimum absolute atomic E-state index is 0.107. The molecule has 0 amide bonds. The van der Waals surface area contributed by atoms with Gasteiger partial charge in [0.2, 0.25) is 0 Å². The minimum Gasteiger partial charge on any atom is -0.494 e. The maximum absolute atomic E-state index is 11.7. The van der Waals surface area contributed by atoms with Crippen LogP contribution in [0.3, 0.4) is 0 Å². The van der Waals surface area contributed by atoms with Crippen LogP contribution in [0, 0.1) is 13.8 Å². The molecule has 1 aromatic heterocycles. The fourth-order valence-corrected chi connectivity index (χ4v) is 1.93. The number of aryl methyl sites for hydroxylation is 2. The summed E-state index contributed by atoms with van der Waals surface area (Å²) >= 11 is 0. The summed E-state index contributed by atoms with van der Waals surface area (Å²) in [5.74, 6) is 0.885. The Kier molecular flexibility index (Phi) is 4.39. The van der Waals surface area contributed by atoms with E-state index in [1.165, 1.54) is 0 Å². The minimum atomic E-state index is 0.107. The first-order valence-corrected chi connectivity index (χ1v) is 6.54. The summed E-state index contributed by atoms with van der Waals surface area (Å²) < 4.78 is 5.62. The van der Waals surface area contributed by atoms with Crippen molar-refractivity contribution in [3.63, 3.8) is 0 Å². The first-order chi connectivity index (χ1) is 9.16. The van der Waals surface area contributed by atoms with E-state index in [4.69, 9.17) is 4.74 Å². The lowest BCUT2D eigenvalue weighted by Gasteiger charge is -2.07. The van der Waals surface area contributed by atoms with E-state index in [2.05, 4.69) is 4.98 Å².